The zero-order valence-corrected chi connectivity index (χ0v) is 31.5. The van der Waals surface area contributed by atoms with Gasteiger partial charge in [-0.1, -0.05) is 224 Å². The van der Waals surface area contributed by atoms with Crippen molar-refractivity contribution in [1.29, 1.82) is 0 Å². The molecular weight excluding hydrogens is 679 g/mol. The molecule has 0 N–H and O–H groups in total. The molecule has 0 unspecified atom stereocenters. The molecule has 0 saturated heterocycles. The quantitative estimate of drug-likeness (QED) is 0.145. The first kappa shape index (κ1) is 32.9. The predicted molar refractivity (Wildman–Crippen MR) is 232 cm³/mol. The van der Waals surface area contributed by atoms with Crippen LogP contribution < -0.4 is 20.7 Å². The molecule has 2 heteroatoms. The van der Waals surface area contributed by atoms with E-state index < -0.39 is 13.5 Å². The molecule has 0 spiro atoms. The van der Waals surface area contributed by atoms with Gasteiger partial charge in [0, 0.05) is 5.69 Å². The largest absolute Gasteiger partial charge is 0.309 e. The van der Waals surface area contributed by atoms with Crippen LogP contribution in [-0.4, -0.2) is 12.6 Å². The van der Waals surface area contributed by atoms with Gasteiger partial charge < -0.3 is 4.57 Å². The molecule has 9 aromatic rings. The van der Waals surface area contributed by atoms with Crippen molar-refractivity contribution in [2.24, 2.45) is 0 Å². The van der Waals surface area contributed by atoms with Crippen molar-refractivity contribution >= 4 is 28.8 Å². The molecule has 2 heterocycles. The monoisotopic (exact) mass is 717 g/mol. The third kappa shape index (κ3) is 4.92. The van der Waals surface area contributed by atoms with Crippen molar-refractivity contribution in [3.8, 4) is 28.2 Å². The van der Waals surface area contributed by atoms with Crippen LogP contribution in [0.2, 0.25) is 0 Å². The molecular formula is C53H39NSi. The van der Waals surface area contributed by atoms with Crippen LogP contribution in [0.3, 0.4) is 0 Å². The smallest absolute Gasteiger partial charge is 0.182 e. The van der Waals surface area contributed by atoms with E-state index in [0.717, 1.165) is 5.69 Å². The van der Waals surface area contributed by atoms with Crippen molar-refractivity contribution in [3.63, 3.8) is 0 Å². The van der Waals surface area contributed by atoms with E-state index in [9.17, 15) is 0 Å². The molecule has 1 aliphatic rings. The lowest BCUT2D eigenvalue weighted by atomic mass is 9.64. The number of fused-ring (bicyclic) bond motifs is 2. The second-order valence-corrected chi connectivity index (χ2v) is 18.1. The standard InChI is InChI=1S/C53H39NSi/c1-8-24-40(25-9-1)50-49-52(51(41-26-10-2-11-27-41)54(50)44-32-16-5-17-33-44)55(45-34-18-6-19-35-45,46-36-20-7-21-37-46)48-39-23-22-38-47(48)53(49,42-28-12-3-13-29-42)43-30-14-4-15-31-43/h1-39H. The van der Waals surface area contributed by atoms with E-state index in [-0.39, 0.29) is 0 Å². The van der Waals surface area contributed by atoms with Gasteiger partial charge in [0.1, 0.15) is 0 Å². The average Bonchev–Trinajstić information content (AvgIpc) is 3.64. The first-order chi connectivity index (χ1) is 27.3. The fourth-order valence-electron chi connectivity index (χ4n) is 9.57. The van der Waals surface area contributed by atoms with Crippen molar-refractivity contribution in [1.82, 2.24) is 4.57 Å². The van der Waals surface area contributed by atoms with Gasteiger partial charge in [0.15, 0.2) is 8.07 Å². The van der Waals surface area contributed by atoms with E-state index in [1.807, 2.05) is 0 Å². The Kier molecular flexibility index (Phi) is 8.12. The number of rotatable bonds is 7. The topological polar surface area (TPSA) is 4.93 Å². The van der Waals surface area contributed by atoms with Crippen molar-refractivity contribution in [2.45, 2.75) is 5.41 Å². The molecule has 1 aliphatic heterocycles. The minimum Gasteiger partial charge on any atom is -0.309 e. The Morgan fingerprint density at radius 2 is 0.727 bits per heavy atom. The molecule has 0 atom stereocenters. The van der Waals surface area contributed by atoms with E-state index in [0.29, 0.717) is 0 Å². The second kappa shape index (κ2) is 13.6. The summed E-state index contributed by atoms with van der Waals surface area (Å²) in [5, 5.41) is 5.57. The summed E-state index contributed by atoms with van der Waals surface area (Å²) in [5.74, 6) is 0. The number of aromatic nitrogens is 1. The fraction of sp³-hybridized carbons (Fsp3) is 0.0189. The molecule has 1 aromatic heterocycles. The van der Waals surface area contributed by atoms with Crippen molar-refractivity contribution in [2.75, 3.05) is 0 Å². The van der Waals surface area contributed by atoms with Gasteiger partial charge in [0.2, 0.25) is 0 Å². The van der Waals surface area contributed by atoms with Crippen LogP contribution in [0.1, 0.15) is 22.3 Å². The van der Waals surface area contributed by atoms with Crippen LogP contribution in [0.5, 0.6) is 0 Å². The van der Waals surface area contributed by atoms with E-state index in [4.69, 9.17) is 0 Å². The molecule has 0 saturated carbocycles. The third-order valence-electron chi connectivity index (χ3n) is 11.6. The van der Waals surface area contributed by atoms with Crippen molar-refractivity contribution < 1.29 is 0 Å². The van der Waals surface area contributed by atoms with Gasteiger partial charge in [-0.25, -0.2) is 0 Å². The lowest BCUT2D eigenvalue weighted by Gasteiger charge is -2.49. The summed E-state index contributed by atoms with van der Waals surface area (Å²) in [7, 11) is -3.16. The van der Waals surface area contributed by atoms with Gasteiger partial charge >= 0.3 is 0 Å². The average molecular weight is 718 g/mol. The summed E-state index contributed by atoms with van der Waals surface area (Å²) in [6.45, 7) is 0. The van der Waals surface area contributed by atoms with Gasteiger partial charge in [-0.2, -0.15) is 0 Å². The van der Waals surface area contributed by atoms with Gasteiger partial charge in [-0.3, -0.25) is 0 Å². The number of nitrogens with zero attached hydrogens (tertiary/aromatic N) is 1. The van der Waals surface area contributed by atoms with Gasteiger partial charge in [-0.05, 0) is 66.3 Å². The summed E-state index contributed by atoms with van der Waals surface area (Å²) < 4.78 is 2.61. The minimum atomic E-state index is -3.16. The van der Waals surface area contributed by atoms with Gasteiger partial charge in [-0.15, -0.1) is 0 Å². The number of benzene rings is 8. The summed E-state index contributed by atoms with van der Waals surface area (Å²) >= 11 is 0. The van der Waals surface area contributed by atoms with E-state index in [2.05, 4.69) is 241 Å². The highest BCUT2D eigenvalue weighted by molar-refractivity contribution is 7.21. The first-order valence-electron chi connectivity index (χ1n) is 19.1. The van der Waals surface area contributed by atoms with E-state index in [1.54, 1.807) is 0 Å². The van der Waals surface area contributed by atoms with Crippen LogP contribution in [0.4, 0.5) is 0 Å². The maximum absolute atomic E-state index is 3.16. The maximum Gasteiger partial charge on any atom is 0.182 e. The van der Waals surface area contributed by atoms with Crippen LogP contribution in [0.25, 0.3) is 28.2 Å². The molecule has 0 bridgehead atoms. The highest BCUT2D eigenvalue weighted by Gasteiger charge is 2.59. The Morgan fingerprint density at radius 1 is 0.345 bits per heavy atom. The molecule has 1 nitrogen and oxygen atoms in total. The highest BCUT2D eigenvalue weighted by atomic mass is 28.3. The molecule has 0 aliphatic carbocycles. The highest BCUT2D eigenvalue weighted by Crippen LogP contribution is 2.53. The van der Waals surface area contributed by atoms with Crippen LogP contribution in [0.15, 0.2) is 237 Å². The molecule has 260 valence electrons. The third-order valence-corrected chi connectivity index (χ3v) is 16.5. The second-order valence-electron chi connectivity index (χ2n) is 14.4. The van der Waals surface area contributed by atoms with Gasteiger partial charge in [0.25, 0.3) is 0 Å². The van der Waals surface area contributed by atoms with Crippen LogP contribution in [-0.2, 0) is 5.41 Å². The summed E-state index contributed by atoms with van der Waals surface area (Å²) in [6.07, 6.45) is 0. The molecule has 0 radical (unpaired) electrons. The Labute approximate surface area is 324 Å². The zero-order chi connectivity index (χ0) is 36.7. The SMILES string of the molecule is c1ccc(-c2c3c(c(-c4ccccc4)n2-c2ccccc2)[Si](c2ccccc2)(c2ccccc2)c2ccccc2C3(c2ccccc2)c2ccccc2)cc1. The summed E-state index contributed by atoms with van der Waals surface area (Å²) in [6, 6.07) is 88.1. The molecule has 10 rings (SSSR count). The normalized spacial score (nSPS) is 13.7. The summed E-state index contributed by atoms with van der Waals surface area (Å²) in [5.41, 5.74) is 10.5. The molecule has 8 aromatic carbocycles. The Morgan fingerprint density at radius 3 is 1.22 bits per heavy atom. The van der Waals surface area contributed by atoms with Gasteiger partial charge in [0.05, 0.1) is 16.8 Å². The Bertz CT molecular complexity index is 2460. The molecule has 55 heavy (non-hydrogen) atoms. The van der Waals surface area contributed by atoms with E-state index >= 15 is 0 Å². The lowest BCUT2D eigenvalue weighted by molar-refractivity contribution is 0.751. The Balaban J connectivity index is 1.58. The van der Waals surface area contributed by atoms with E-state index in [1.165, 1.54) is 65.5 Å². The predicted octanol–water partition coefficient (Wildman–Crippen LogP) is 9.88. The first-order valence-corrected chi connectivity index (χ1v) is 21.1. The molecule has 0 fully saturated rings. The van der Waals surface area contributed by atoms with Crippen LogP contribution in [0, 0.1) is 0 Å². The fourth-order valence-corrected chi connectivity index (χ4v) is 15.1. The maximum atomic E-state index is 2.61. The summed E-state index contributed by atoms with van der Waals surface area (Å²) in [4.78, 5) is 0. The van der Waals surface area contributed by atoms with Crippen LogP contribution >= 0.6 is 0 Å². The molecule has 0 amide bonds. The number of hydrogen-bond acceptors (Lipinski definition) is 0. The Hall–Kier alpha value is -6.74. The van der Waals surface area contributed by atoms with Crippen molar-refractivity contribution in [3.05, 3.63) is 259 Å². The zero-order valence-electron chi connectivity index (χ0n) is 30.5. The minimum absolute atomic E-state index is 0.677. The number of hydrogen-bond donors (Lipinski definition) is 0. The lowest BCUT2D eigenvalue weighted by Crippen LogP contribution is -2.79. The number of para-hydroxylation sites is 1.